The van der Waals surface area contributed by atoms with E-state index < -0.39 is 9.84 Å². The maximum absolute atomic E-state index is 12.3. The molecule has 2 fully saturated rings. The van der Waals surface area contributed by atoms with Gasteiger partial charge in [-0.25, -0.2) is 8.42 Å². The van der Waals surface area contributed by atoms with Crippen molar-refractivity contribution in [2.24, 2.45) is 0 Å². The Morgan fingerprint density at radius 3 is 2.50 bits per heavy atom. The Morgan fingerprint density at radius 2 is 1.90 bits per heavy atom. The van der Waals surface area contributed by atoms with Gasteiger partial charge < -0.3 is 5.32 Å². The summed E-state index contributed by atoms with van der Waals surface area (Å²) < 4.78 is 24.6. The predicted octanol–water partition coefficient (Wildman–Crippen LogP) is 1.72. The van der Waals surface area contributed by atoms with Crippen LogP contribution in [0.3, 0.4) is 0 Å². The molecule has 1 aliphatic carbocycles. The number of nitrogens with zero attached hydrogens (tertiary/aromatic N) is 1. The summed E-state index contributed by atoms with van der Waals surface area (Å²) in [5, 5.41) is 3.28. The second-order valence-electron chi connectivity index (χ2n) is 5.78. The van der Waals surface area contributed by atoms with Crippen LogP contribution in [0.2, 0.25) is 0 Å². The van der Waals surface area contributed by atoms with Crippen LogP contribution in [-0.2, 0) is 9.84 Å². The standard InChI is InChI=1S/C14H28N2O2S2/c1-3-15-12-5-7-13(8-6-12)16-9-10-19-11-14(16)20(17,18)4-2/h12-15H,3-11H2,1-2H3. The average Bonchev–Trinajstić information content (AvgIpc) is 2.48. The van der Waals surface area contributed by atoms with Gasteiger partial charge in [-0.3, -0.25) is 4.90 Å². The molecule has 0 spiro atoms. The van der Waals surface area contributed by atoms with Crippen molar-refractivity contribution in [3.8, 4) is 0 Å². The van der Waals surface area contributed by atoms with Gasteiger partial charge >= 0.3 is 0 Å². The molecule has 0 aromatic heterocycles. The van der Waals surface area contributed by atoms with Crippen molar-refractivity contribution in [1.29, 1.82) is 0 Å². The number of sulfone groups is 1. The van der Waals surface area contributed by atoms with Gasteiger partial charge in [0.05, 0.1) is 0 Å². The first-order valence-corrected chi connectivity index (χ1v) is 10.7. The van der Waals surface area contributed by atoms with Crippen LogP contribution in [0.4, 0.5) is 0 Å². The molecular weight excluding hydrogens is 292 g/mol. The first kappa shape index (κ1) is 16.6. The minimum absolute atomic E-state index is 0.244. The highest BCUT2D eigenvalue weighted by Gasteiger charge is 2.37. The van der Waals surface area contributed by atoms with E-state index in [9.17, 15) is 8.42 Å². The smallest absolute Gasteiger partial charge is 0.166 e. The Labute approximate surface area is 128 Å². The molecule has 6 heteroatoms. The molecule has 0 bridgehead atoms. The summed E-state index contributed by atoms with van der Waals surface area (Å²) in [6.45, 7) is 5.89. The highest BCUT2D eigenvalue weighted by atomic mass is 32.2. The number of nitrogens with one attached hydrogen (secondary N) is 1. The normalized spacial score (nSPS) is 33.2. The first-order chi connectivity index (χ1) is 9.58. The number of hydrogen-bond donors (Lipinski definition) is 1. The van der Waals surface area contributed by atoms with Crippen molar-refractivity contribution in [3.63, 3.8) is 0 Å². The molecule has 0 aromatic carbocycles. The third-order valence-corrected chi connectivity index (χ3v) is 7.90. The van der Waals surface area contributed by atoms with Crippen molar-refractivity contribution in [3.05, 3.63) is 0 Å². The molecule has 1 unspecified atom stereocenters. The third-order valence-electron chi connectivity index (χ3n) is 4.60. The van der Waals surface area contributed by atoms with E-state index >= 15 is 0 Å². The molecule has 1 heterocycles. The Morgan fingerprint density at radius 1 is 1.20 bits per heavy atom. The van der Waals surface area contributed by atoms with Crippen LogP contribution in [0.25, 0.3) is 0 Å². The third kappa shape index (κ3) is 3.90. The lowest BCUT2D eigenvalue weighted by molar-refractivity contribution is 0.140. The van der Waals surface area contributed by atoms with Gasteiger partial charge in [0.2, 0.25) is 0 Å². The minimum atomic E-state index is -2.95. The van der Waals surface area contributed by atoms with Crippen LogP contribution in [-0.4, -0.2) is 61.1 Å². The molecule has 1 saturated heterocycles. The summed E-state index contributed by atoms with van der Waals surface area (Å²) in [5.41, 5.74) is 0. The monoisotopic (exact) mass is 320 g/mol. The summed E-state index contributed by atoms with van der Waals surface area (Å²) >= 11 is 1.79. The van der Waals surface area contributed by atoms with Crippen LogP contribution in [0.15, 0.2) is 0 Å². The van der Waals surface area contributed by atoms with E-state index in [0.29, 0.717) is 12.1 Å². The van der Waals surface area contributed by atoms with E-state index in [-0.39, 0.29) is 11.1 Å². The van der Waals surface area contributed by atoms with Gasteiger partial charge in [0.1, 0.15) is 5.37 Å². The molecule has 1 atom stereocenters. The van der Waals surface area contributed by atoms with Crippen LogP contribution in [0.5, 0.6) is 0 Å². The van der Waals surface area contributed by atoms with E-state index in [0.717, 1.165) is 37.4 Å². The van der Waals surface area contributed by atoms with E-state index in [2.05, 4.69) is 17.1 Å². The molecule has 2 rings (SSSR count). The highest BCUT2D eigenvalue weighted by Crippen LogP contribution is 2.30. The van der Waals surface area contributed by atoms with Gasteiger partial charge in [-0.2, -0.15) is 11.8 Å². The molecular formula is C14H28N2O2S2. The Balaban J connectivity index is 1.99. The number of hydrogen-bond acceptors (Lipinski definition) is 5. The molecule has 2 aliphatic rings. The molecule has 4 nitrogen and oxygen atoms in total. The minimum Gasteiger partial charge on any atom is -0.314 e. The van der Waals surface area contributed by atoms with Crippen LogP contribution in [0.1, 0.15) is 39.5 Å². The van der Waals surface area contributed by atoms with Gasteiger partial charge in [-0.1, -0.05) is 13.8 Å². The maximum Gasteiger partial charge on any atom is 0.166 e. The summed E-state index contributed by atoms with van der Waals surface area (Å²) in [6, 6.07) is 1.11. The lowest BCUT2D eigenvalue weighted by Gasteiger charge is -2.43. The molecule has 1 N–H and O–H groups in total. The van der Waals surface area contributed by atoms with Gasteiger partial charge in [-0.15, -0.1) is 0 Å². The predicted molar refractivity (Wildman–Crippen MR) is 87.0 cm³/mol. The molecule has 1 saturated carbocycles. The van der Waals surface area contributed by atoms with E-state index in [1.165, 1.54) is 12.8 Å². The van der Waals surface area contributed by atoms with Gasteiger partial charge in [0.15, 0.2) is 9.84 Å². The highest BCUT2D eigenvalue weighted by molar-refractivity contribution is 8.01. The Bertz CT molecular complexity index is 392. The summed E-state index contributed by atoms with van der Waals surface area (Å²) in [7, 11) is -2.95. The molecule has 1 aliphatic heterocycles. The summed E-state index contributed by atoms with van der Waals surface area (Å²) in [6.07, 6.45) is 4.64. The SMILES string of the molecule is CCNC1CCC(N2CCSCC2S(=O)(=O)CC)CC1. The Kier molecular flexibility index (Phi) is 6.20. The van der Waals surface area contributed by atoms with Gasteiger partial charge in [0.25, 0.3) is 0 Å². The van der Waals surface area contributed by atoms with Crippen LogP contribution in [0, 0.1) is 0 Å². The zero-order chi connectivity index (χ0) is 14.6. The van der Waals surface area contributed by atoms with Gasteiger partial charge in [0, 0.05) is 35.9 Å². The Hall–Kier alpha value is 0.220. The van der Waals surface area contributed by atoms with Crippen molar-refractivity contribution in [2.45, 2.75) is 57.0 Å². The largest absolute Gasteiger partial charge is 0.314 e. The van der Waals surface area contributed by atoms with Crippen LogP contribution >= 0.6 is 11.8 Å². The fraction of sp³-hybridized carbons (Fsp3) is 1.00. The van der Waals surface area contributed by atoms with E-state index in [1.54, 1.807) is 18.7 Å². The second kappa shape index (κ2) is 7.47. The average molecular weight is 321 g/mol. The van der Waals surface area contributed by atoms with E-state index in [4.69, 9.17) is 0 Å². The molecule has 0 aromatic rings. The molecule has 0 radical (unpaired) electrons. The topological polar surface area (TPSA) is 49.4 Å². The zero-order valence-corrected chi connectivity index (χ0v) is 14.3. The zero-order valence-electron chi connectivity index (χ0n) is 12.7. The second-order valence-corrected chi connectivity index (χ2v) is 9.38. The summed E-state index contributed by atoms with van der Waals surface area (Å²) in [5.74, 6) is 2.09. The molecule has 20 heavy (non-hydrogen) atoms. The van der Waals surface area contributed by atoms with Crippen molar-refractivity contribution in [2.75, 3.05) is 30.3 Å². The quantitative estimate of drug-likeness (QED) is 0.836. The lowest BCUT2D eigenvalue weighted by atomic mass is 9.90. The van der Waals surface area contributed by atoms with Crippen LogP contribution < -0.4 is 5.32 Å². The van der Waals surface area contributed by atoms with Crippen molar-refractivity contribution < 1.29 is 8.42 Å². The number of thioether (sulfide) groups is 1. The van der Waals surface area contributed by atoms with E-state index in [1.807, 2.05) is 0 Å². The first-order valence-electron chi connectivity index (χ1n) is 7.87. The fourth-order valence-corrected chi connectivity index (χ4v) is 6.51. The van der Waals surface area contributed by atoms with Gasteiger partial charge in [-0.05, 0) is 32.2 Å². The molecule has 0 amide bonds. The maximum atomic E-state index is 12.3. The number of rotatable bonds is 5. The summed E-state index contributed by atoms with van der Waals surface area (Å²) in [4.78, 5) is 2.30. The lowest BCUT2D eigenvalue weighted by Crippen LogP contribution is -2.54. The molecule has 118 valence electrons. The van der Waals surface area contributed by atoms with Crippen molar-refractivity contribution >= 4 is 21.6 Å². The van der Waals surface area contributed by atoms with Crippen molar-refractivity contribution in [1.82, 2.24) is 10.2 Å². The fourth-order valence-electron chi connectivity index (χ4n) is 3.41.